The minimum absolute atomic E-state index is 0. The Balaban J connectivity index is -0.000000196. The van der Waals surface area contributed by atoms with Crippen molar-refractivity contribution in [2.75, 3.05) is 125 Å². The summed E-state index contributed by atoms with van der Waals surface area (Å²) in [6, 6.07) is 20.1. The first-order chi connectivity index (χ1) is 52.5. The SMILES string of the molecule is C1CCOC1.CC(C)(C)OC(=O)N1CCC(=O)CC1.CC(C)(C)OC(=O)N1CCC2(CC1)CO2.CC(C)(C)[O-].CCC.COc1[c-]cc(F)cc1.COc1ccc(F)cc1Br.COc1ccc(F)cc1CC1(O)CCN(C(=O)OC(C)(C)C)CC1.CSC.C[CH-]C.C[S+](C)(C)=O.Fc1ccc2c(c1)CC1(CCNCC1)O2.[Br-].[Cl-].[Cu][Br].[I-].[K+].[Mg+2].[Mg+2]. The zero-order chi connectivity index (χ0) is 87.0. The van der Waals surface area contributed by atoms with Crippen LogP contribution in [-0.2, 0) is 69.7 Å². The molecule has 4 aromatic carbocycles. The van der Waals surface area contributed by atoms with Gasteiger partial charge in [-0.2, -0.15) is 25.6 Å². The topological polar surface area (TPSA) is 237 Å². The van der Waals surface area contributed by atoms with Gasteiger partial charge in [0.1, 0.15) is 81.7 Å². The van der Waals surface area contributed by atoms with Gasteiger partial charge in [-0.1, -0.05) is 41.0 Å². The maximum atomic E-state index is 13.5. The number of ketones is 1. The van der Waals surface area contributed by atoms with Crippen molar-refractivity contribution in [2.24, 2.45) is 0 Å². The predicted molar refractivity (Wildman–Crippen MR) is 462 cm³/mol. The minimum atomic E-state index is -1.42. The number of Topliss-reactive ketones (excluding diaryl/α,β-unsaturated/α-hetero) is 1. The molecule has 0 aromatic heterocycles. The van der Waals surface area contributed by atoms with E-state index in [1.165, 1.54) is 89.1 Å². The van der Waals surface area contributed by atoms with Gasteiger partial charge in [-0.25, -0.2) is 27.6 Å². The third-order valence-electron chi connectivity index (χ3n) is 15.2. The van der Waals surface area contributed by atoms with Crippen LogP contribution in [0.5, 0.6) is 23.0 Å². The maximum Gasteiger partial charge on any atom is 2.00 e. The van der Waals surface area contributed by atoms with Gasteiger partial charge >= 0.3 is 144 Å². The summed E-state index contributed by atoms with van der Waals surface area (Å²) in [6.07, 6.45) is 21.0. The van der Waals surface area contributed by atoms with Gasteiger partial charge in [0.15, 0.2) is 0 Å². The Bertz CT molecular complexity index is 3340. The smallest absolute Gasteiger partial charge is 1.00 e. The predicted octanol–water partition coefficient (Wildman–Crippen LogP) is 5.67. The fourth-order valence-corrected chi connectivity index (χ4v) is 10.7. The van der Waals surface area contributed by atoms with Crippen molar-refractivity contribution in [3.63, 3.8) is 0 Å². The number of rotatable bonds is 5. The Hall–Kier alpha value is -0.272. The third-order valence-corrected chi connectivity index (χ3v) is 15.9. The number of epoxide rings is 1. The molecule has 11 rings (SSSR count). The number of thioether (sulfide) groups is 1. The van der Waals surface area contributed by atoms with Crippen molar-refractivity contribution >= 4 is 122 Å². The minimum Gasteiger partial charge on any atom is -1.00 e. The summed E-state index contributed by atoms with van der Waals surface area (Å²) in [4.78, 5) is 51.2. The number of halogens is 9. The average molecular weight is 2150 g/mol. The van der Waals surface area contributed by atoms with E-state index in [2.05, 4.69) is 69.5 Å². The molecule has 2 spiro atoms. The van der Waals surface area contributed by atoms with Gasteiger partial charge in [-0.15, -0.1) is 34.1 Å². The second-order valence-corrected chi connectivity index (χ2v) is 37.1. The first-order valence-corrected chi connectivity index (χ1v) is 45.5. The molecule has 7 aliphatic rings. The number of benzene rings is 4. The second-order valence-electron chi connectivity index (χ2n) is 31.9. The van der Waals surface area contributed by atoms with E-state index >= 15 is 0 Å². The van der Waals surface area contributed by atoms with Gasteiger partial charge in [-0.05, 0) is 215 Å². The van der Waals surface area contributed by atoms with Gasteiger partial charge in [0.05, 0.1) is 53.5 Å². The van der Waals surface area contributed by atoms with Gasteiger partial charge < -0.3 is 133 Å². The molecule has 0 bridgehead atoms. The summed E-state index contributed by atoms with van der Waals surface area (Å²) in [5.41, 5.74) is -1.41. The fraction of sp³-hybridized carbons (Fsp3) is 0.655. The molecule has 6 saturated heterocycles. The van der Waals surface area contributed by atoms with E-state index in [9.17, 15) is 51.2 Å². The van der Waals surface area contributed by atoms with Gasteiger partial charge in [-0.3, -0.25) is 9.18 Å². The molecule has 0 radical (unpaired) electrons. The van der Waals surface area contributed by atoms with Crippen molar-refractivity contribution in [3.8, 4) is 23.0 Å². The van der Waals surface area contributed by atoms with Crippen molar-refractivity contribution in [2.45, 2.75) is 233 Å². The molecule has 6 fully saturated rings. The zero-order valence-corrected chi connectivity index (χ0v) is 91.5. The van der Waals surface area contributed by atoms with Crippen LogP contribution < -0.4 is 134 Å². The maximum absolute atomic E-state index is 13.5. The second kappa shape index (κ2) is 70.6. The average Bonchev–Trinajstić information content (AvgIpc) is 1.65. The third kappa shape index (κ3) is 69.4. The molecule has 0 unspecified atom stereocenters. The number of methoxy groups -OCH3 is 3. The molecule has 0 saturated carbocycles. The monoisotopic (exact) mass is 2140 g/mol. The fourth-order valence-electron chi connectivity index (χ4n) is 10.2. The van der Waals surface area contributed by atoms with Crippen molar-refractivity contribution in [1.82, 2.24) is 20.0 Å². The van der Waals surface area contributed by atoms with Crippen LogP contribution in [0.3, 0.4) is 0 Å². The normalized spacial score (nSPS) is 15.5. The number of nitrogens with one attached hydrogen (secondary N) is 1. The van der Waals surface area contributed by atoms with E-state index in [1.54, 1.807) is 90.3 Å². The van der Waals surface area contributed by atoms with Crippen LogP contribution in [0.2, 0.25) is 0 Å². The number of carbonyl (C=O) groups excluding carboxylic acids is 4. The molecule has 35 heteroatoms. The molecular weight excluding hydrogens is 2010 g/mol. The van der Waals surface area contributed by atoms with E-state index in [0.717, 1.165) is 89.4 Å². The largest absolute Gasteiger partial charge is 2.00 e. The quantitative estimate of drug-likeness (QED) is 0.0466. The van der Waals surface area contributed by atoms with E-state index in [0.29, 0.717) is 79.1 Å². The summed E-state index contributed by atoms with van der Waals surface area (Å²) in [5.74, 6) is 1.76. The van der Waals surface area contributed by atoms with Crippen LogP contribution in [0.25, 0.3) is 0 Å². The molecule has 2 N–H and O–H groups in total. The molecule has 119 heavy (non-hydrogen) atoms. The zero-order valence-electron chi connectivity index (χ0n) is 75.3. The van der Waals surface area contributed by atoms with Crippen molar-refractivity contribution in [1.29, 1.82) is 0 Å². The molecule has 7 aliphatic heterocycles. The van der Waals surface area contributed by atoms with Gasteiger partial charge in [0.25, 0.3) is 0 Å². The molecule has 4 aromatic rings. The van der Waals surface area contributed by atoms with Gasteiger partial charge in [0.2, 0.25) is 0 Å². The number of aliphatic hydroxyl groups is 1. The number of hydrogen-bond donors (Lipinski definition) is 2. The summed E-state index contributed by atoms with van der Waals surface area (Å²) >= 11 is 11.4. The molecule has 0 atom stereocenters. The van der Waals surface area contributed by atoms with Crippen LogP contribution in [-0.4, -0.2) is 254 Å². The van der Waals surface area contributed by atoms with E-state index in [-0.39, 0.29) is 216 Å². The van der Waals surface area contributed by atoms with Crippen molar-refractivity contribution in [3.05, 3.63) is 124 Å². The number of piperidine rings is 4. The number of carbonyl (C=O) groups is 4. The molecule has 678 valence electrons. The standard InChI is InChI=1S/C18H26FNO4.C12H14FNO.C11H19NO3.C10H17NO3.C7H6BrFO.C7H6FO.C4H8O.C4H9O.C3H9OS.C3H8.C3H7.C2H6S.2BrH.ClH.Cu.HI.K.2Mg/c1-17(2,3)24-16(21)20-9-7-18(22,8-10-20)12-13-11-14(19)5-6-15(13)23-4;13-10-1-2-11-9(7-10)8-12(15-11)3-5-14-6-4-12;1-10(2,3)15-9(13)12-6-4-11(5-7-12)8-14-11;1-10(2,3)14-9(13)11-6-4-8(12)5-7-11;1-10-7-3-2-5(9)4-6(7)8;1-9-7-4-2-6(8)3-5-7;1-2-4-5-3-1;1-4(2,3)5;1-5(2,3)4;3*1-3-2;;;;;;;;/h5-6,11,22H,7-10,12H2,1-4H3;1-2,7,14H,3-6,8H2;4-8H2,1-3H3;4-7H2,1-3H3;2-4H,1H3;2-4H,1H3;1-4H2;2*1-3H3;3H2,1-2H3;3H,1-2H3;1-2H3;3*1H;;1H;;;/q;;;;;-1;;-1;+1;;-1;;;;;+1;;+1;2*+2/p-4. The van der Waals surface area contributed by atoms with Crippen LogP contribution in [0, 0.1) is 35.8 Å². The molecular formula is C84H135Br3ClCuF4IKMg2N4O16S2. The Labute approximate surface area is 849 Å². The summed E-state index contributed by atoms with van der Waals surface area (Å²) in [6.45, 7) is 38.0. The van der Waals surface area contributed by atoms with E-state index in [1.807, 2.05) is 95.1 Å². The van der Waals surface area contributed by atoms with E-state index < -0.39 is 37.9 Å². The Kier molecular flexibility index (Phi) is 79.6. The summed E-state index contributed by atoms with van der Waals surface area (Å²) in [5, 5.41) is 24.2. The molecule has 20 nitrogen and oxygen atoms in total. The first-order valence-electron chi connectivity index (χ1n) is 37.9. The Morgan fingerprint density at radius 2 is 1.02 bits per heavy atom. The number of ether oxygens (including phenoxy) is 9. The summed E-state index contributed by atoms with van der Waals surface area (Å²) < 4.78 is 109. The first kappa shape index (κ1) is 134. The van der Waals surface area contributed by atoms with Crippen LogP contribution >= 0.6 is 41.8 Å². The molecule has 3 amide bonds. The van der Waals surface area contributed by atoms with Crippen LogP contribution in [0.15, 0.2) is 77.3 Å². The number of hydrogen-bond acceptors (Lipinski definition) is 18. The number of likely N-dealkylation sites (tertiary alicyclic amines) is 3. The summed E-state index contributed by atoms with van der Waals surface area (Å²) in [7, 11) is 3.16. The van der Waals surface area contributed by atoms with Crippen LogP contribution in [0.4, 0.5) is 31.9 Å². The number of nitrogens with zero attached hydrogens (tertiary/aromatic N) is 3. The number of fused-ring (bicyclic) bond motifs is 1. The van der Waals surface area contributed by atoms with Crippen molar-refractivity contribution < 1.29 is 213 Å². The number of amides is 3. The Morgan fingerprint density at radius 3 is 1.36 bits per heavy atom. The van der Waals surface area contributed by atoms with E-state index in [4.69, 9.17) is 42.6 Å². The van der Waals surface area contributed by atoms with Crippen LogP contribution in [0.1, 0.15) is 193 Å². The molecule has 7 heterocycles. The molecule has 0 aliphatic carbocycles. The Morgan fingerprint density at radius 1 is 0.655 bits per heavy atom. The van der Waals surface area contributed by atoms with Gasteiger partial charge in [0, 0.05) is 95.3 Å².